The molecule has 7 heteroatoms. The molecule has 2 fully saturated rings. The fourth-order valence-electron chi connectivity index (χ4n) is 2.71. The van der Waals surface area contributed by atoms with Crippen molar-refractivity contribution in [2.75, 3.05) is 0 Å². The van der Waals surface area contributed by atoms with Crippen molar-refractivity contribution in [1.29, 1.82) is 0 Å². The van der Waals surface area contributed by atoms with E-state index in [-0.39, 0.29) is 18.8 Å². The van der Waals surface area contributed by atoms with Crippen molar-refractivity contribution in [3.05, 3.63) is 35.4 Å². The molecule has 116 valence electrons. The van der Waals surface area contributed by atoms with Gasteiger partial charge in [0, 0.05) is 31.0 Å². The second-order valence-corrected chi connectivity index (χ2v) is 6.35. The molecule has 4 nitrogen and oxygen atoms in total. The van der Waals surface area contributed by atoms with Crippen LogP contribution in [0.4, 0.5) is 8.78 Å². The Morgan fingerprint density at radius 3 is 2.73 bits per heavy atom. The zero-order valence-electron chi connectivity index (χ0n) is 11.7. The first kappa shape index (κ1) is 13.9. The SMILES string of the molecule is FC1(F)CC(c2nn(C3CC3)cc2Oc2ccnc(Cl)c2)C1. The highest BCUT2D eigenvalue weighted by molar-refractivity contribution is 6.29. The molecule has 2 aromatic rings. The highest BCUT2D eigenvalue weighted by Crippen LogP contribution is 2.51. The van der Waals surface area contributed by atoms with E-state index in [1.54, 1.807) is 24.5 Å². The van der Waals surface area contributed by atoms with E-state index in [9.17, 15) is 8.78 Å². The van der Waals surface area contributed by atoms with Crippen LogP contribution in [-0.4, -0.2) is 20.7 Å². The Morgan fingerprint density at radius 1 is 1.32 bits per heavy atom. The molecule has 2 aliphatic carbocycles. The van der Waals surface area contributed by atoms with Gasteiger partial charge in [0.25, 0.3) is 0 Å². The summed E-state index contributed by atoms with van der Waals surface area (Å²) in [6.45, 7) is 0. The number of pyridine rings is 1. The highest BCUT2D eigenvalue weighted by atomic mass is 35.5. The van der Waals surface area contributed by atoms with E-state index in [1.165, 1.54) is 0 Å². The van der Waals surface area contributed by atoms with Crippen LogP contribution in [0.25, 0.3) is 0 Å². The van der Waals surface area contributed by atoms with Crippen LogP contribution in [0, 0.1) is 0 Å². The van der Waals surface area contributed by atoms with Gasteiger partial charge in [0.2, 0.25) is 5.92 Å². The third-order valence-corrected chi connectivity index (χ3v) is 4.26. The minimum Gasteiger partial charge on any atom is -0.454 e. The number of hydrogen-bond acceptors (Lipinski definition) is 3. The van der Waals surface area contributed by atoms with Gasteiger partial charge in [-0.15, -0.1) is 0 Å². The maximum absolute atomic E-state index is 13.2. The summed E-state index contributed by atoms with van der Waals surface area (Å²) in [5.41, 5.74) is 0.616. The van der Waals surface area contributed by atoms with Crippen LogP contribution in [-0.2, 0) is 0 Å². The molecular formula is C15H14ClF2N3O. The van der Waals surface area contributed by atoms with Gasteiger partial charge in [-0.2, -0.15) is 5.10 Å². The van der Waals surface area contributed by atoms with Crippen LogP contribution in [0.3, 0.4) is 0 Å². The number of halogens is 3. The molecule has 2 aliphatic rings. The van der Waals surface area contributed by atoms with E-state index in [0.717, 1.165) is 12.8 Å². The Bertz CT molecular complexity index is 707. The molecule has 2 aromatic heterocycles. The summed E-state index contributed by atoms with van der Waals surface area (Å²) in [6.07, 6.45) is 5.16. The molecule has 0 radical (unpaired) electrons. The average molecular weight is 326 g/mol. The number of aromatic nitrogens is 3. The van der Waals surface area contributed by atoms with Gasteiger partial charge in [0.1, 0.15) is 16.6 Å². The molecule has 0 bridgehead atoms. The lowest BCUT2D eigenvalue weighted by Crippen LogP contribution is -2.34. The van der Waals surface area contributed by atoms with Crippen LogP contribution < -0.4 is 4.74 Å². The van der Waals surface area contributed by atoms with E-state index < -0.39 is 5.92 Å². The van der Waals surface area contributed by atoms with Crippen LogP contribution in [0.1, 0.15) is 43.3 Å². The molecule has 0 spiro atoms. The quantitative estimate of drug-likeness (QED) is 0.773. The maximum Gasteiger partial charge on any atom is 0.249 e. The molecule has 2 saturated carbocycles. The molecule has 22 heavy (non-hydrogen) atoms. The lowest BCUT2D eigenvalue weighted by Gasteiger charge is -2.34. The van der Waals surface area contributed by atoms with Crippen molar-refractivity contribution in [2.45, 2.75) is 43.6 Å². The molecule has 0 unspecified atom stereocenters. The first-order chi connectivity index (χ1) is 10.5. The summed E-state index contributed by atoms with van der Waals surface area (Å²) in [6, 6.07) is 3.65. The van der Waals surface area contributed by atoms with Crippen LogP contribution in [0.15, 0.2) is 24.5 Å². The average Bonchev–Trinajstić information content (AvgIpc) is 3.18. The number of rotatable bonds is 4. The van der Waals surface area contributed by atoms with Crippen molar-refractivity contribution < 1.29 is 13.5 Å². The summed E-state index contributed by atoms with van der Waals surface area (Å²) >= 11 is 5.84. The van der Waals surface area contributed by atoms with E-state index in [0.29, 0.717) is 28.4 Å². The normalized spacial score (nSPS) is 20.7. The van der Waals surface area contributed by atoms with E-state index in [4.69, 9.17) is 16.3 Å². The van der Waals surface area contributed by atoms with Crippen molar-refractivity contribution in [3.63, 3.8) is 0 Å². The molecule has 0 aliphatic heterocycles. The minimum absolute atomic E-state index is 0.165. The van der Waals surface area contributed by atoms with Crippen LogP contribution in [0.5, 0.6) is 11.5 Å². The summed E-state index contributed by atoms with van der Waals surface area (Å²) in [5.74, 6) is -1.76. The molecule has 0 atom stereocenters. The Morgan fingerprint density at radius 2 is 2.09 bits per heavy atom. The predicted octanol–water partition coefficient (Wildman–Crippen LogP) is 4.57. The standard InChI is InChI=1S/C15H14ClF2N3O/c16-13-5-11(3-4-19-13)22-12-8-21(10-1-2-10)20-14(12)9-6-15(17,18)7-9/h3-5,8-10H,1-2,6-7H2. The summed E-state index contributed by atoms with van der Waals surface area (Å²) in [7, 11) is 0. The van der Waals surface area contributed by atoms with E-state index in [1.807, 2.05) is 4.68 Å². The van der Waals surface area contributed by atoms with Gasteiger partial charge in [-0.25, -0.2) is 13.8 Å². The Kier molecular flexibility index (Phi) is 3.11. The highest BCUT2D eigenvalue weighted by Gasteiger charge is 2.48. The Hall–Kier alpha value is -1.69. The summed E-state index contributed by atoms with van der Waals surface area (Å²) in [5, 5.41) is 4.81. The molecule has 0 saturated heterocycles. The maximum atomic E-state index is 13.2. The van der Waals surface area contributed by atoms with Crippen LogP contribution >= 0.6 is 11.6 Å². The number of ether oxygens (including phenoxy) is 1. The van der Waals surface area contributed by atoms with Crippen molar-refractivity contribution >= 4 is 11.6 Å². The van der Waals surface area contributed by atoms with Gasteiger partial charge >= 0.3 is 0 Å². The fourth-order valence-corrected chi connectivity index (χ4v) is 2.87. The molecule has 2 heterocycles. The Labute approximate surface area is 131 Å². The molecule has 4 rings (SSSR count). The summed E-state index contributed by atoms with van der Waals surface area (Å²) in [4.78, 5) is 3.89. The van der Waals surface area contributed by atoms with Crippen molar-refractivity contribution in [2.24, 2.45) is 0 Å². The molecule has 0 N–H and O–H groups in total. The zero-order chi connectivity index (χ0) is 15.3. The van der Waals surface area contributed by atoms with E-state index >= 15 is 0 Å². The molecule has 0 aromatic carbocycles. The van der Waals surface area contributed by atoms with Gasteiger partial charge < -0.3 is 4.74 Å². The summed E-state index contributed by atoms with van der Waals surface area (Å²) < 4.78 is 34.0. The largest absolute Gasteiger partial charge is 0.454 e. The third-order valence-electron chi connectivity index (χ3n) is 4.05. The predicted molar refractivity (Wildman–Crippen MR) is 76.7 cm³/mol. The Balaban J connectivity index is 1.62. The minimum atomic E-state index is -2.58. The van der Waals surface area contributed by atoms with Gasteiger partial charge in [-0.3, -0.25) is 4.68 Å². The van der Waals surface area contributed by atoms with Crippen LogP contribution in [0.2, 0.25) is 5.15 Å². The van der Waals surface area contributed by atoms with Gasteiger partial charge in [-0.05, 0) is 18.9 Å². The first-order valence-electron chi connectivity index (χ1n) is 7.26. The first-order valence-corrected chi connectivity index (χ1v) is 7.64. The van der Waals surface area contributed by atoms with Gasteiger partial charge in [0.05, 0.1) is 12.2 Å². The molecular weight excluding hydrogens is 312 g/mol. The van der Waals surface area contributed by atoms with Crippen molar-refractivity contribution in [1.82, 2.24) is 14.8 Å². The van der Waals surface area contributed by atoms with E-state index in [2.05, 4.69) is 10.1 Å². The second kappa shape index (κ2) is 4.91. The lowest BCUT2D eigenvalue weighted by atomic mass is 9.79. The number of nitrogens with zero attached hydrogens (tertiary/aromatic N) is 3. The fraction of sp³-hybridized carbons (Fsp3) is 0.467. The number of alkyl halides is 2. The third kappa shape index (κ3) is 2.67. The molecule has 0 amide bonds. The lowest BCUT2D eigenvalue weighted by molar-refractivity contribution is -0.0879. The van der Waals surface area contributed by atoms with Gasteiger partial charge in [0.15, 0.2) is 5.75 Å². The second-order valence-electron chi connectivity index (χ2n) is 5.97. The van der Waals surface area contributed by atoms with Crippen molar-refractivity contribution in [3.8, 4) is 11.5 Å². The monoisotopic (exact) mass is 325 g/mol. The van der Waals surface area contributed by atoms with Gasteiger partial charge in [-0.1, -0.05) is 11.6 Å². The zero-order valence-corrected chi connectivity index (χ0v) is 12.4. The smallest absolute Gasteiger partial charge is 0.249 e. The number of hydrogen-bond donors (Lipinski definition) is 0. The topological polar surface area (TPSA) is 39.9 Å².